The Morgan fingerprint density at radius 1 is 1.58 bits per heavy atom. The van der Waals surface area contributed by atoms with E-state index in [0.29, 0.717) is 5.92 Å². The van der Waals surface area contributed by atoms with Crippen molar-refractivity contribution in [2.75, 3.05) is 0 Å². The summed E-state index contributed by atoms with van der Waals surface area (Å²) in [6.07, 6.45) is 5.39. The molecule has 0 aliphatic carbocycles. The Bertz CT molecular complexity index is 263. The highest BCUT2D eigenvalue weighted by molar-refractivity contribution is 7.16. The summed E-state index contributed by atoms with van der Waals surface area (Å²) >= 11 is 7.52. The Kier molecular flexibility index (Phi) is 3.83. The lowest BCUT2D eigenvalue weighted by Gasteiger charge is -2.03. The second kappa shape index (κ2) is 4.68. The molecule has 12 heavy (non-hydrogen) atoms. The quantitative estimate of drug-likeness (QED) is 0.632. The summed E-state index contributed by atoms with van der Waals surface area (Å²) in [7, 11) is 0. The fourth-order valence-electron chi connectivity index (χ4n) is 1.05. The third kappa shape index (κ3) is 2.65. The monoisotopic (exact) mass is 200 g/mol. The molecule has 0 radical (unpaired) electrons. The topological polar surface area (TPSA) is 0 Å². The smallest absolute Gasteiger partial charge is 0.0931 e. The average molecular weight is 201 g/mol. The largest absolute Gasteiger partial charge is 0.128 e. The molecule has 0 N–H and O–H groups in total. The molecule has 1 heterocycles. The van der Waals surface area contributed by atoms with Gasteiger partial charge in [0, 0.05) is 4.88 Å². The number of rotatable bonds is 3. The minimum absolute atomic E-state index is 0.596. The maximum atomic E-state index is 5.84. The maximum absolute atomic E-state index is 5.84. The highest BCUT2D eigenvalue weighted by Crippen LogP contribution is 2.29. The van der Waals surface area contributed by atoms with Gasteiger partial charge in [0.2, 0.25) is 0 Å². The summed E-state index contributed by atoms with van der Waals surface area (Å²) in [6.45, 7) is 4.27. The number of hydrogen-bond donors (Lipinski definition) is 0. The van der Waals surface area contributed by atoms with Crippen molar-refractivity contribution >= 4 is 22.9 Å². The van der Waals surface area contributed by atoms with Gasteiger partial charge >= 0.3 is 0 Å². The normalized spacial score (nSPS) is 13.9. The van der Waals surface area contributed by atoms with Crippen molar-refractivity contribution in [2.24, 2.45) is 0 Å². The lowest BCUT2D eigenvalue weighted by Crippen LogP contribution is -1.85. The summed E-state index contributed by atoms with van der Waals surface area (Å²) in [5, 5.41) is 0. The van der Waals surface area contributed by atoms with Gasteiger partial charge in [0.05, 0.1) is 4.34 Å². The number of hydrogen-bond acceptors (Lipinski definition) is 1. The molecule has 0 aliphatic rings. The third-order valence-corrected chi connectivity index (χ3v) is 3.27. The van der Waals surface area contributed by atoms with Crippen LogP contribution < -0.4 is 0 Å². The van der Waals surface area contributed by atoms with Crippen LogP contribution in [0, 0.1) is 0 Å². The third-order valence-electron chi connectivity index (χ3n) is 1.81. The molecule has 1 unspecified atom stereocenters. The molecular formula is C10H13ClS. The van der Waals surface area contributed by atoms with E-state index >= 15 is 0 Å². The fraction of sp³-hybridized carbons (Fsp3) is 0.400. The van der Waals surface area contributed by atoms with Crippen LogP contribution in [0.15, 0.2) is 24.3 Å². The molecule has 0 aromatic carbocycles. The summed E-state index contributed by atoms with van der Waals surface area (Å²) < 4.78 is 0.886. The zero-order valence-electron chi connectivity index (χ0n) is 7.38. The lowest BCUT2D eigenvalue weighted by atomic mass is 10.1. The molecule has 66 valence electrons. The van der Waals surface area contributed by atoms with E-state index in [0.717, 1.165) is 10.8 Å². The average Bonchev–Trinajstić information content (AvgIpc) is 2.47. The zero-order chi connectivity index (χ0) is 8.97. The van der Waals surface area contributed by atoms with Crippen molar-refractivity contribution in [3.63, 3.8) is 0 Å². The van der Waals surface area contributed by atoms with Gasteiger partial charge < -0.3 is 0 Å². The first-order chi connectivity index (χ1) is 5.74. The zero-order valence-corrected chi connectivity index (χ0v) is 8.95. The van der Waals surface area contributed by atoms with Gasteiger partial charge in [0.1, 0.15) is 0 Å². The van der Waals surface area contributed by atoms with Crippen LogP contribution in [0.4, 0.5) is 0 Å². The van der Waals surface area contributed by atoms with Crippen molar-refractivity contribution in [1.29, 1.82) is 0 Å². The standard InChI is InChI=1S/C10H13ClS/c1-3-4-5-8(2)9-6-7-10(11)12-9/h3-4,6-8H,5H2,1-2H3/b4-3+. The van der Waals surface area contributed by atoms with E-state index in [1.807, 2.05) is 13.0 Å². The van der Waals surface area contributed by atoms with Gasteiger partial charge in [-0.15, -0.1) is 11.3 Å². The minimum atomic E-state index is 0.596. The summed E-state index contributed by atoms with van der Waals surface area (Å²) in [6, 6.07) is 4.08. The van der Waals surface area contributed by atoms with Crippen LogP contribution in [-0.4, -0.2) is 0 Å². The fourth-order valence-corrected chi connectivity index (χ4v) is 2.17. The van der Waals surface area contributed by atoms with Crippen molar-refractivity contribution in [3.8, 4) is 0 Å². The Morgan fingerprint density at radius 3 is 2.83 bits per heavy atom. The Hall–Kier alpha value is -0.270. The summed E-state index contributed by atoms with van der Waals surface area (Å²) in [5.74, 6) is 0.596. The van der Waals surface area contributed by atoms with Crippen LogP contribution in [0.3, 0.4) is 0 Å². The molecule has 0 amide bonds. The Labute approximate surface area is 82.9 Å². The van der Waals surface area contributed by atoms with E-state index in [-0.39, 0.29) is 0 Å². The van der Waals surface area contributed by atoms with E-state index in [9.17, 15) is 0 Å². The molecule has 0 aliphatic heterocycles. The van der Waals surface area contributed by atoms with Gasteiger partial charge in [-0.1, -0.05) is 30.7 Å². The van der Waals surface area contributed by atoms with Crippen LogP contribution in [0.25, 0.3) is 0 Å². The second-order valence-corrected chi connectivity index (χ2v) is 4.59. The van der Waals surface area contributed by atoms with E-state index in [4.69, 9.17) is 11.6 Å². The first-order valence-electron chi connectivity index (χ1n) is 4.10. The van der Waals surface area contributed by atoms with E-state index in [1.54, 1.807) is 11.3 Å². The number of halogens is 1. The van der Waals surface area contributed by atoms with Gasteiger partial charge in [-0.3, -0.25) is 0 Å². The molecule has 1 rings (SSSR count). The number of allylic oxidation sites excluding steroid dienone is 2. The highest BCUT2D eigenvalue weighted by Gasteiger charge is 2.05. The molecule has 0 saturated carbocycles. The number of thiophene rings is 1. The van der Waals surface area contributed by atoms with Gasteiger partial charge in [-0.2, -0.15) is 0 Å². The van der Waals surface area contributed by atoms with Gasteiger partial charge in [0.25, 0.3) is 0 Å². The molecule has 0 bridgehead atoms. The SMILES string of the molecule is C/C=C/CC(C)c1ccc(Cl)s1. The first-order valence-corrected chi connectivity index (χ1v) is 5.30. The minimum Gasteiger partial charge on any atom is -0.128 e. The van der Waals surface area contributed by atoms with E-state index in [2.05, 4.69) is 25.1 Å². The lowest BCUT2D eigenvalue weighted by molar-refractivity contribution is 0.797. The predicted octanol–water partition coefficient (Wildman–Crippen LogP) is 4.47. The molecule has 1 atom stereocenters. The van der Waals surface area contributed by atoms with Crippen molar-refractivity contribution in [3.05, 3.63) is 33.5 Å². The Morgan fingerprint density at radius 2 is 2.33 bits per heavy atom. The van der Waals surface area contributed by atoms with Crippen LogP contribution in [0.5, 0.6) is 0 Å². The van der Waals surface area contributed by atoms with E-state index < -0.39 is 0 Å². The van der Waals surface area contributed by atoms with Gasteiger partial charge in [-0.05, 0) is 31.4 Å². The summed E-state index contributed by atoms with van der Waals surface area (Å²) in [5.41, 5.74) is 0. The van der Waals surface area contributed by atoms with E-state index in [1.165, 1.54) is 4.88 Å². The second-order valence-electron chi connectivity index (χ2n) is 2.85. The van der Waals surface area contributed by atoms with Gasteiger partial charge in [-0.25, -0.2) is 0 Å². The highest BCUT2D eigenvalue weighted by atomic mass is 35.5. The molecule has 1 aromatic rings. The van der Waals surface area contributed by atoms with Crippen LogP contribution in [0.1, 0.15) is 31.1 Å². The van der Waals surface area contributed by atoms with Crippen LogP contribution in [-0.2, 0) is 0 Å². The summed E-state index contributed by atoms with van der Waals surface area (Å²) in [4.78, 5) is 1.37. The molecule has 0 saturated heterocycles. The van der Waals surface area contributed by atoms with Crippen molar-refractivity contribution in [1.82, 2.24) is 0 Å². The van der Waals surface area contributed by atoms with Crippen molar-refractivity contribution in [2.45, 2.75) is 26.2 Å². The Balaban J connectivity index is 2.58. The first kappa shape index (κ1) is 9.82. The molecular weight excluding hydrogens is 188 g/mol. The molecule has 0 nitrogen and oxygen atoms in total. The van der Waals surface area contributed by atoms with Crippen LogP contribution >= 0.6 is 22.9 Å². The van der Waals surface area contributed by atoms with Crippen molar-refractivity contribution < 1.29 is 0 Å². The van der Waals surface area contributed by atoms with Crippen LogP contribution in [0.2, 0.25) is 4.34 Å². The van der Waals surface area contributed by atoms with Gasteiger partial charge in [0.15, 0.2) is 0 Å². The maximum Gasteiger partial charge on any atom is 0.0931 e. The molecule has 0 fully saturated rings. The molecule has 2 heteroatoms. The molecule has 0 spiro atoms. The predicted molar refractivity (Wildman–Crippen MR) is 57.2 cm³/mol. The molecule has 1 aromatic heterocycles.